The third kappa shape index (κ3) is 7.30. The highest BCUT2D eigenvalue weighted by Gasteiger charge is 2.37. The SMILES string of the molecule is C[C@@H](O)c1cc(C(F)(F)F)cc(C(F)(F)F)c1.O[C@H]1COCC(c2ccc(F)cc2)=N1. The lowest BCUT2D eigenvalue weighted by Crippen LogP contribution is -2.26. The molecular weight excluding hydrogens is 435 g/mol. The fourth-order valence-electron chi connectivity index (χ4n) is 2.54. The van der Waals surface area contributed by atoms with Crippen molar-refractivity contribution in [1.29, 1.82) is 0 Å². The smallest absolute Gasteiger partial charge is 0.389 e. The third-order valence-electron chi connectivity index (χ3n) is 4.08. The molecule has 0 spiro atoms. The summed E-state index contributed by atoms with van der Waals surface area (Å²) in [5.74, 6) is -0.286. The summed E-state index contributed by atoms with van der Waals surface area (Å²) in [6.07, 6.45) is -12.0. The van der Waals surface area contributed by atoms with E-state index in [1.165, 1.54) is 12.1 Å². The molecule has 0 unspecified atom stereocenters. The van der Waals surface area contributed by atoms with Gasteiger partial charge < -0.3 is 14.9 Å². The van der Waals surface area contributed by atoms with Gasteiger partial charge in [-0.3, -0.25) is 4.99 Å². The molecule has 31 heavy (non-hydrogen) atoms. The number of alkyl halides is 6. The van der Waals surface area contributed by atoms with E-state index in [0.717, 1.165) is 12.5 Å². The van der Waals surface area contributed by atoms with E-state index in [0.29, 0.717) is 24.5 Å². The first-order valence-corrected chi connectivity index (χ1v) is 8.83. The van der Waals surface area contributed by atoms with Crippen LogP contribution < -0.4 is 0 Å². The summed E-state index contributed by atoms with van der Waals surface area (Å²) in [6, 6.07) is 6.98. The van der Waals surface area contributed by atoms with Gasteiger partial charge >= 0.3 is 12.4 Å². The molecule has 0 bridgehead atoms. The van der Waals surface area contributed by atoms with Crippen LogP contribution in [0.3, 0.4) is 0 Å². The molecule has 2 N–H and O–H groups in total. The van der Waals surface area contributed by atoms with E-state index >= 15 is 0 Å². The van der Waals surface area contributed by atoms with Crippen LogP contribution in [-0.4, -0.2) is 35.4 Å². The number of ether oxygens (including phenoxy) is 1. The van der Waals surface area contributed by atoms with Gasteiger partial charge in [-0.15, -0.1) is 0 Å². The largest absolute Gasteiger partial charge is 0.416 e. The van der Waals surface area contributed by atoms with E-state index in [1.54, 1.807) is 12.1 Å². The van der Waals surface area contributed by atoms with Crippen molar-refractivity contribution in [3.8, 4) is 0 Å². The first-order chi connectivity index (χ1) is 14.3. The monoisotopic (exact) mass is 453 g/mol. The Kier molecular flexibility index (Phi) is 7.79. The molecule has 0 radical (unpaired) electrons. The van der Waals surface area contributed by atoms with Crippen molar-refractivity contribution in [3.63, 3.8) is 0 Å². The van der Waals surface area contributed by atoms with Gasteiger partial charge in [-0.25, -0.2) is 4.39 Å². The average molecular weight is 453 g/mol. The van der Waals surface area contributed by atoms with E-state index < -0.39 is 41.4 Å². The van der Waals surface area contributed by atoms with Crippen LogP contribution in [-0.2, 0) is 17.1 Å². The van der Waals surface area contributed by atoms with Gasteiger partial charge in [0.2, 0.25) is 0 Å². The highest BCUT2D eigenvalue weighted by Crippen LogP contribution is 2.37. The maximum atomic E-state index is 12.6. The van der Waals surface area contributed by atoms with Crippen LogP contribution in [0, 0.1) is 5.82 Å². The van der Waals surface area contributed by atoms with Crippen LogP contribution in [0.4, 0.5) is 30.7 Å². The van der Waals surface area contributed by atoms with Gasteiger partial charge in [-0.1, -0.05) is 12.1 Å². The van der Waals surface area contributed by atoms with Crippen molar-refractivity contribution in [1.82, 2.24) is 0 Å². The number of aliphatic imine (C=N–C) groups is 1. The summed E-state index contributed by atoms with van der Waals surface area (Å²) in [4.78, 5) is 4.01. The number of aliphatic hydroxyl groups is 2. The quantitative estimate of drug-likeness (QED) is 0.646. The second kappa shape index (κ2) is 9.75. The van der Waals surface area contributed by atoms with Crippen molar-refractivity contribution < 1.29 is 45.7 Å². The van der Waals surface area contributed by atoms with Gasteiger partial charge in [0.1, 0.15) is 5.82 Å². The summed E-state index contributed by atoms with van der Waals surface area (Å²) in [6.45, 7) is 1.68. The summed E-state index contributed by atoms with van der Waals surface area (Å²) in [7, 11) is 0. The molecule has 0 saturated heterocycles. The molecule has 2 atom stereocenters. The lowest BCUT2D eigenvalue weighted by Gasteiger charge is -2.16. The minimum absolute atomic E-state index is 0.0197. The zero-order valence-corrected chi connectivity index (χ0v) is 16.0. The summed E-state index contributed by atoms with van der Waals surface area (Å²) < 4.78 is 91.8. The number of nitrogens with zero attached hydrogens (tertiary/aromatic N) is 1. The van der Waals surface area contributed by atoms with Crippen LogP contribution in [0.25, 0.3) is 0 Å². The Morgan fingerprint density at radius 2 is 1.48 bits per heavy atom. The minimum atomic E-state index is -4.88. The normalized spacial score (nSPS) is 18.0. The second-order valence-electron chi connectivity index (χ2n) is 6.59. The predicted octanol–water partition coefficient (Wildman–Crippen LogP) is 4.74. The molecular formula is C20H18F7NO3. The van der Waals surface area contributed by atoms with E-state index in [1.807, 2.05) is 0 Å². The van der Waals surface area contributed by atoms with Crippen molar-refractivity contribution in [3.05, 3.63) is 70.5 Å². The van der Waals surface area contributed by atoms with Crippen LogP contribution in [0.15, 0.2) is 47.5 Å². The standard InChI is InChI=1S/C10H8F6O.C10H10FNO2/c1-5(17)6-2-7(9(11,12)13)4-8(3-6)10(14,15)16;11-8-3-1-7(2-4-8)9-5-14-6-10(13)12-9/h2-5,17H,1H3;1-4,10,13H,5-6H2/t5-;10-/m10/s1. The molecule has 4 nitrogen and oxygen atoms in total. The molecule has 1 aliphatic rings. The zero-order valence-electron chi connectivity index (χ0n) is 16.0. The van der Waals surface area contributed by atoms with Crippen molar-refractivity contribution in [2.24, 2.45) is 4.99 Å². The number of benzene rings is 2. The molecule has 0 amide bonds. The second-order valence-corrected chi connectivity index (χ2v) is 6.59. The van der Waals surface area contributed by atoms with Gasteiger partial charge in [0.25, 0.3) is 0 Å². The number of aliphatic hydroxyl groups excluding tert-OH is 2. The number of halogens is 7. The maximum absolute atomic E-state index is 12.6. The summed E-state index contributed by atoms with van der Waals surface area (Å²) >= 11 is 0. The third-order valence-corrected chi connectivity index (χ3v) is 4.08. The maximum Gasteiger partial charge on any atom is 0.416 e. The molecule has 1 heterocycles. The first kappa shape index (κ1) is 24.8. The Morgan fingerprint density at radius 1 is 0.968 bits per heavy atom. The van der Waals surface area contributed by atoms with Gasteiger partial charge in [0.15, 0.2) is 6.23 Å². The van der Waals surface area contributed by atoms with Gasteiger partial charge in [0, 0.05) is 0 Å². The molecule has 2 aromatic carbocycles. The Hall–Kier alpha value is -2.50. The van der Waals surface area contributed by atoms with E-state index in [9.17, 15) is 35.8 Å². The van der Waals surface area contributed by atoms with Crippen molar-refractivity contribution >= 4 is 5.71 Å². The first-order valence-electron chi connectivity index (χ1n) is 8.83. The zero-order chi connectivity index (χ0) is 23.4. The van der Waals surface area contributed by atoms with Crippen LogP contribution in [0.2, 0.25) is 0 Å². The minimum Gasteiger partial charge on any atom is -0.389 e. The van der Waals surface area contributed by atoms with Crippen molar-refractivity contribution in [2.75, 3.05) is 13.2 Å². The van der Waals surface area contributed by atoms with E-state index in [4.69, 9.17) is 9.84 Å². The van der Waals surface area contributed by atoms with Gasteiger partial charge in [-0.2, -0.15) is 26.3 Å². The highest BCUT2D eigenvalue weighted by atomic mass is 19.4. The molecule has 0 fully saturated rings. The fourth-order valence-corrected chi connectivity index (χ4v) is 2.54. The molecule has 3 rings (SSSR count). The van der Waals surface area contributed by atoms with Crippen molar-refractivity contribution in [2.45, 2.75) is 31.6 Å². The Morgan fingerprint density at radius 3 is 1.90 bits per heavy atom. The molecule has 2 aromatic rings. The summed E-state index contributed by atoms with van der Waals surface area (Å²) in [5.41, 5.74) is -1.84. The molecule has 0 saturated carbocycles. The summed E-state index contributed by atoms with van der Waals surface area (Å²) in [5, 5.41) is 18.3. The lowest BCUT2D eigenvalue weighted by molar-refractivity contribution is -0.143. The lowest BCUT2D eigenvalue weighted by atomic mass is 10.0. The fraction of sp³-hybridized carbons (Fsp3) is 0.350. The van der Waals surface area contributed by atoms with E-state index in [2.05, 4.69) is 4.99 Å². The molecule has 0 aromatic heterocycles. The Labute approximate surface area is 172 Å². The Bertz CT molecular complexity index is 874. The molecule has 1 aliphatic heterocycles. The molecule has 170 valence electrons. The van der Waals surface area contributed by atoms with Crippen LogP contribution in [0.5, 0.6) is 0 Å². The number of hydrogen-bond donors (Lipinski definition) is 2. The molecule has 0 aliphatic carbocycles. The van der Waals surface area contributed by atoms with Crippen LogP contribution >= 0.6 is 0 Å². The number of rotatable bonds is 2. The highest BCUT2D eigenvalue weighted by molar-refractivity contribution is 6.01. The van der Waals surface area contributed by atoms with Crippen LogP contribution in [0.1, 0.15) is 35.3 Å². The average Bonchev–Trinajstić information content (AvgIpc) is 2.67. The number of hydrogen-bond acceptors (Lipinski definition) is 4. The topological polar surface area (TPSA) is 62.0 Å². The predicted molar refractivity (Wildman–Crippen MR) is 96.8 cm³/mol. The molecule has 11 heteroatoms. The Balaban J connectivity index is 0.000000224. The van der Waals surface area contributed by atoms with Gasteiger partial charge in [0.05, 0.1) is 36.2 Å². The van der Waals surface area contributed by atoms with E-state index in [-0.39, 0.29) is 18.5 Å². The van der Waals surface area contributed by atoms with Gasteiger partial charge in [-0.05, 0) is 48.4 Å².